The molecule has 0 unspecified atom stereocenters. The van der Waals surface area contributed by atoms with Crippen molar-refractivity contribution in [3.05, 3.63) is 27.7 Å². The minimum atomic E-state index is -0.00602. The highest BCUT2D eigenvalue weighted by Crippen LogP contribution is 2.17. The zero-order valence-electron chi connectivity index (χ0n) is 11.0. The van der Waals surface area contributed by atoms with Crippen LogP contribution in [0.25, 0.3) is 0 Å². The number of ether oxygens (including phenoxy) is 1. The first kappa shape index (κ1) is 14.0. The number of aromatic nitrogens is 3. The van der Waals surface area contributed by atoms with E-state index in [1.54, 1.807) is 11.3 Å². The van der Waals surface area contributed by atoms with Crippen LogP contribution in [0, 0.1) is 0 Å². The Balaban J connectivity index is 2.16. The summed E-state index contributed by atoms with van der Waals surface area (Å²) >= 11 is 7.55. The van der Waals surface area contributed by atoms with E-state index in [9.17, 15) is 0 Å². The van der Waals surface area contributed by atoms with Crippen LogP contribution < -0.4 is 9.64 Å². The van der Waals surface area contributed by atoms with Gasteiger partial charge in [-0.05, 0) is 47.8 Å². The van der Waals surface area contributed by atoms with Gasteiger partial charge in [0.05, 0.1) is 6.10 Å². The lowest BCUT2D eigenvalue weighted by atomic mass is 10.3. The molecule has 2 rings (SSSR count). The van der Waals surface area contributed by atoms with E-state index in [2.05, 4.69) is 26.4 Å². The molecule has 2 heterocycles. The van der Waals surface area contributed by atoms with Crippen molar-refractivity contribution in [2.75, 3.05) is 11.9 Å². The second kappa shape index (κ2) is 6.16. The summed E-state index contributed by atoms with van der Waals surface area (Å²) in [5.41, 5.74) is 1.20. The summed E-state index contributed by atoms with van der Waals surface area (Å²) in [6.45, 7) is 4.53. The molecular formula is C12H15ClN4OS. The third kappa shape index (κ3) is 4.04. The number of hydrogen-bond acceptors (Lipinski definition) is 6. The first-order valence-electron chi connectivity index (χ1n) is 5.85. The number of rotatable bonds is 5. The van der Waals surface area contributed by atoms with Gasteiger partial charge in [-0.2, -0.15) is 26.3 Å². The lowest BCUT2D eigenvalue weighted by molar-refractivity contribution is 0.221. The Morgan fingerprint density at radius 2 is 2.16 bits per heavy atom. The Kier molecular flexibility index (Phi) is 4.55. The van der Waals surface area contributed by atoms with Crippen molar-refractivity contribution in [1.29, 1.82) is 0 Å². The smallest absolute Gasteiger partial charge is 0.322 e. The lowest BCUT2D eigenvalue weighted by Gasteiger charge is -2.17. The summed E-state index contributed by atoms with van der Waals surface area (Å²) in [5.74, 6) is 0.502. The molecule has 0 fully saturated rings. The van der Waals surface area contributed by atoms with Crippen molar-refractivity contribution in [2.24, 2.45) is 0 Å². The van der Waals surface area contributed by atoms with E-state index in [-0.39, 0.29) is 17.4 Å². The molecule has 0 amide bonds. The van der Waals surface area contributed by atoms with E-state index < -0.39 is 0 Å². The van der Waals surface area contributed by atoms with E-state index >= 15 is 0 Å². The van der Waals surface area contributed by atoms with E-state index in [0.717, 1.165) is 0 Å². The molecule has 0 bridgehead atoms. The van der Waals surface area contributed by atoms with Crippen molar-refractivity contribution in [3.8, 4) is 6.01 Å². The molecule has 2 aromatic heterocycles. The summed E-state index contributed by atoms with van der Waals surface area (Å²) in [5, 5.41) is 4.26. The summed E-state index contributed by atoms with van der Waals surface area (Å²) < 4.78 is 5.45. The number of hydrogen-bond donors (Lipinski definition) is 0. The third-order valence-electron chi connectivity index (χ3n) is 2.26. The summed E-state index contributed by atoms with van der Waals surface area (Å²) in [4.78, 5) is 14.2. The Hall–Kier alpha value is -1.40. The number of nitrogens with zero attached hydrogens (tertiary/aromatic N) is 4. The molecule has 0 spiro atoms. The zero-order valence-corrected chi connectivity index (χ0v) is 12.6. The van der Waals surface area contributed by atoms with Crippen LogP contribution in [-0.2, 0) is 6.54 Å². The van der Waals surface area contributed by atoms with Crippen molar-refractivity contribution < 1.29 is 4.74 Å². The molecular weight excluding hydrogens is 284 g/mol. The molecule has 0 aromatic carbocycles. The second-order valence-electron chi connectivity index (χ2n) is 4.34. The van der Waals surface area contributed by atoms with Crippen LogP contribution >= 0.6 is 22.9 Å². The van der Waals surface area contributed by atoms with Crippen molar-refractivity contribution in [1.82, 2.24) is 15.0 Å². The highest BCUT2D eigenvalue weighted by atomic mass is 35.5. The highest BCUT2D eigenvalue weighted by molar-refractivity contribution is 7.07. The van der Waals surface area contributed by atoms with E-state index in [0.29, 0.717) is 12.5 Å². The Labute approximate surface area is 121 Å². The van der Waals surface area contributed by atoms with Crippen LogP contribution in [0.1, 0.15) is 19.4 Å². The van der Waals surface area contributed by atoms with Gasteiger partial charge in [-0.15, -0.1) is 0 Å². The van der Waals surface area contributed by atoms with Gasteiger partial charge in [-0.1, -0.05) is 0 Å². The predicted molar refractivity (Wildman–Crippen MR) is 77.0 cm³/mol. The summed E-state index contributed by atoms with van der Waals surface area (Å²) in [6, 6.07) is 2.32. The van der Waals surface area contributed by atoms with Crippen LogP contribution in [-0.4, -0.2) is 28.1 Å². The van der Waals surface area contributed by atoms with Gasteiger partial charge in [0, 0.05) is 13.6 Å². The largest absolute Gasteiger partial charge is 0.461 e. The molecule has 0 atom stereocenters. The first-order chi connectivity index (χ1) is 9.04. The molecule has 5 nitrogen and oxygen atoms in total. The Morgan fingerprint density at radius 1 is 1.37 bits per heavy atom. The fourth-order valence-corrected chi connectivity index (χ4v) is 2.29. The quantitative estimate of drug-likeness (QED) is 0.849. The molecule has 7 heteroatoms. The maximum Gasteiger partial charge on any atom is 0.322 e. The fourth-order valence-electron chi connectivity index (χ4n) is 1.48. The highest BCUT2D eigenvalue weighted by Gasteiger charge is 2.11. The average Bonchev–Trinajstić information content (AvgIpc) is 2.80. The molecule has 19 heavy (non-hydrogen) atoms. The SMILES string of the molecule is CC(C)Oc1nc(Cl)nc(N(C)Cc2ccsc2)n1. The van der Waals surface area contributed by atoms with Gasteiger partial charge in [0.1, 0.15) is 0 Å². The minimum absolute atomic E-state index is 0.00602. The predicted octanol–water partition coefficient (Wildman–Crippen LogP) is 3.01. The maximum atomic E-state index is 5.89. The van der Waals surface area contributed by atoms with Gasteiger partial charge >= 0.3 is 6.01 Å². The monoisotopic (exact) mass is 298 g/mol. The molecule has 0 aliphatic carbocycles. The number of halogens is 1. The van der Waals surface area contributed by atoms with E-state index in [4.69, 9.17) is 16.3 Å². The first-order valence-corrected chi connectivity index (χ1v) is 7.17. The van der Waals surface area contributed by atoms with Gasteiger partial charge in [-0.25, -0.2) is 0 Å². The van der Waals surface area contributed by atoms with Crippen LogP contribution in [0.4, 0.5) is 5.95 Å². The van der Waals surface area contributed by atoms with Crippen LogP contribution in [0.2, 0.25) is 5.28 Å². The fraction of sp³-hybridized carbons (Fsp3) is 0.417. The average molecular weight is 299 g/mol. The normalized spacial score (nSPS) is 10.8. The second-order valence-corrected chi connectivity index (χ2v) is 5.46. The topological polar surface area (TPSA) is 51.1 Å². The molecule has 0 saturated heterocycles. The summed E-state index contributed by atoms with van der Waals surface area (Å²) in [7, 11) is 1.91. The van der Waals surface area contributed by atoms with Gasteiger partial charge in [0.25, 0.3) is 0 Å². The van der Waals surface area contributed by atoms with Gasteiger partial charge in [0.15, 0.2) is 0 Å². The minimum Gasteiger partial charge on any atom is -0.461 e. The van der Waals surface area contributed by atoms with Crippen molar-refractivity contribution >= 4 is 28.9 Å². The van der Waals surface area contributed by atoms with Gasteiger partial charge < -0.3 is 9.64 Å². The van der Waals surface area contributed by atoms with Crippen LogP contribution in [0.15, 0.2) is 16.8 Å². The van der Waals surface area contributed by atoms with Crippen molar-refractivity contribution in [2.45, 2.75) is 26.5 Å². The van der Waals surface area contributed by atoms with E-state index in [1.807, 2.05) is 31.2 Å². The number of anilines is 1. The molecule has 0 N–H and O–H groups in total. The molecule has 0 saturated carbocycles. The number of thiophene rings is 1. The van der Waals surface area contributed by atoms with Crippen LogP contribution in [0.5, 0.6) is 6.01 Å². The summed E-state index contributed by atoms with van der Waals surface area (Å²) in [6.07, 6.45) is -0.00602. The van der Waals surface area contributed by atoms with Gasteiger partial charge in [0.2, 0.25) is 11.2 Å². The molecule has 0 aliphatic rings. The van der Waals surface area contributed by atoms with Crippen molar-refractivity contribution in [3.63, 3.8) is 0 Å². The standard InChI is InChI=1S/C12H15ClN4OS/c1-8(2)18-12-15-10(13)14-11(16-12)17(3)6-9-4-5-19-7-9/h4-5,7-8H,6H2,1-3H3. The Bertz CT molecular complexity index is 533. The van der Waals surface area contributed by atoms with E-state index in [1.165, 1.54) is 5.56 Å². The lowest BCUT2D eigenvalue weighted by Crippen LogP contribution is -2.20. The molecule has 102 valence electrons. The van der Waals surface area contributed by atoms with Crippen LogP contribution in [0.3, 0.4) is 0 Å². The third-order valence-corrected chi connectivity index (χ3v) is 3.16. The molecule has 0 radical (unpaired) electrons. The zero-order chi connectivity index (χ0) is 13.8. The molecule has 0 aliphatic heterocycles. The Morgan fingerprint density at radius 3 is 2.79 bits per heavy atom. The molecule has 2 aromatic rings. The maximum absolute atomic E-state index is 5.89. The van der Waals surface area contributed by atoms with Gasteiger partial charge in [-0.3, -0.25) is 0 Å².